The van der Waals surface area contributed by atoms with Crippen molar-refractivity contribution in [3.05, 3.63) is 38.4 Å². The third kappa shape index (κ3) is 12.1. The molecule has 0 aliphatic rings. The molecular formula is C19H29N3O10. The first kappa shape index (κ1) is 27.2. The summed E-state index contributed by atoms with van der Waals surface area (Å²) < 4.78 is 26.0. The third-order valence-electron chi connectivity index (χ3n) is 3.82. The Morgan fingerprint density at radius 3 is 1.97 bits per heavy atom. The fraction of sp³-hybridized carbons (Fsp3) is 0.632. The molecule has 13 heteroatoms. The zero-order chi connectivity index (χ0) is 23.6. The topological polar surface area (TPSA) is 162 Å². The van der Waals surface area contributed by atoms with Crippen LogP contribution in [0.4, 0.5) is 17.1 Å². The molecule has 0 aliphatic carbocycles. The molecule has 1 rings (SSSR count). The number of ether oxygens (including phenoxy) is 5. The number of esters is 1. The van der Waals surface area contributed by atoms with Crippen LogP contribution in [-0.2, 0) is 28.5 Å². The molecule has 13 nitrogen and oxygen atoms in total. The van der Waals surface area contributed by atoms with E-state index in [2.05, 4.69) is 5.32 Å². The van der Waals surface area contributed by atoms with Crippen LogP contribution in [0.25, 0.3) is 0 Å². The van der Waals surface area contributed by atoms with Gasteiger partial charge in [-0.3, -0.25) is 25.0 Å². The second kappa shape index (κ2) is 16.8. The summed E-state index contributed by atoms with van der Waals surface area (Å²) in [6.07, 6.45) is 0.219. The SMILES string of the molecule is CCOC(=O)CCOCCOCCOCCOCCNc1ccc([N+](=O)[O-])cc1[N+](=O)[O-]. The van der Waals surface area contributed by atoms with Crippen molar-refractivity contribution >= 4 is 23.0 Å². The number of carbonyl (C=O) groups excluding carboxylic acids is 1. The van der Waals surface area contributed by atoms with Crippen LogP contribution in [0.3, 0.4) is 0 Å². The number of nitrogens with zero attached hydrogens (tertiary/aromatic N) is 2. The van der Waals surface area contributed by atoms with Crippen molar-refractivity contribution in [2.75, 3.05) is 71.3 Å². The van der Waals surface area contributed by atoms with Gasteiger partial charge in [0.15, 0.2) is 0 Å². The van der Waals surface area contributed by atoms with Gasteiger partial charge in [0.2, 0.25) is 0 Å². The van der Waals surface area contributed by atoms with Crippen molar-refractivity contribution in [3.8, 4) is 0 Å². The molecular weight excluding hydrogens is 430 g/mol. The average Bonchev–Trinajstić information content (AvgIpc) is 2.76. The minimum absolute atomic E-state index is 0.183. The van der Waals surface area contributed by atoms with Crippen molar-refractivity contribution in [3.63, 3.8) is 0 Å². The fourth-order valence-corrected chi connectivity index (χ4v) is 2.34. The molecule has 0 heterocycles. The lowest BCUT2D eigenvalue weighted by molar-refractivity contribution is -0.393. The van der Waals surface area contributed by atoms with E-state index in [4.69, 9.17) is 23.7 Å². The highest BCUT2D eigenvalue weighted by Crippen LogP contribution is 2.28. The van der Waals surface area contributed by atoms with Crippen molar-refractivity contribution in [1.29, 1.82) is 0 Å². The molecule has 0 radical (unpaired) electrons. The van der Waals surface area contributed by atoms with Gasteiger partial charge in [-0.05, 0) is 13.0 Å². The molecule has 1 N–H and O–H groups in total. The lowest BCUT2D eigenvalue weighted by atomic mass is 10.2. The van der Waals surface area contributed by atoms with Crippen LogP contribution in [0, 0.1) is 20.2 Å². The maximum atomic E-state index is 11.1. The van der Waals surface area contributed by atoms with Gasteiger partial charge in [0, 0.05) is 12.6 Å². The van der Waals surface area contributed by atoms with Gasteiger partial charge >= 0.3 is 5.97 Å². The first-order valence-electron chi connectivity index (χ1n) is 10.1. The van der Waals surface area contributed by atoms with Crippen molar-refractivity contribution < 1.29 is 38.3 Å². The van der Waals surface area contributed by atoms with E-state index >= 15 is 0 Å². The molecule has 1 aromatic rings. The minimum atomic E-state index is -0.687. The molecule has 0 spiro atoms. The van der Waals surface area contributed by atoms with Gasteiger partial charge in [0.25, 0.3) is 11.4 Å². The third-order valence-corrected chi connectivity index (χ3v) is 3.82. The number of rotatable bonds is 19. The van der Waals surface area contributed by atoms with E-state index in [9.17, 15) is 25.0 Å². The van der Waals surface area contributed by atoms with Crippen LogP contribution in [0.5, 0.6) is 0 Å². The number of hydrogen-bond donors (Lipinski definition) is 1. The minimum Gasteiger partial charge on any atom is -0.466 e. The van der Waals surface area contributed by atoms with Gasteiger partial charge in [-0.25, -0.2) is 0 Å². The van der Waals surface area contributed by atoms with Gasteiger partial charge in [-0.1, -0.05) is 0 Å². The van der Waals surface area contributed by atoms with Crippen LogP contribution in [0.1, 0.15) is 13.3 Å². The quantitative estimate of drug-likeness (QED) is 0.139. The van der Waals surface area contributed by atoms with Gasteiger partial charge in [-0.2, -0.15) is 0 Å². The average molecular weight is 459 g/mol. The van der Waals surface area contributed by atoms with E-state index in [1.807, 2.05) is 0 Å². The van der Waals surface area contributed by atoms with E-state index < -0.39 is 9.85 Å². The molecule has 0 fully saturated rings. The number of anilines is 1. The number of benzene rings is 1. The highest BCUT2D eigenvalue weighted by Gasteiger charge is 2.18. The second-order valence-corrected chi connectivity index (χ2v) is 6.15. The zero-order valence-electron chi connectivity index (χ0n) is 18.0. The smallest absolute Gasteiger partial charge is 0.308 e. The summed E-state index contributed by atoms with van der Waals surface area (Å²) in [5, 5.41) is 24.6. The predicted octanol–water partition coefficient (Wildman–Crippen LogP) is 1.93. The number of non-ortho nitro benzene ring substituents is 1. The molecule has 0 bridgehead atoms. The molecule has 32 heavy (non-hydrogen) atoms. The summed E-state index contributed by atoms with van der Waals surface area (Å²) in [7, 11) is 0. The molecule has 0 amide bonds. The fourth-order valence-electron chi connectivity index (χ4n) is 2.34. The Hall–Kier alpha value is -2.87. The Labute approximate surface area is 185 Å². The molecule has 0 unspecified atom stereocenters. The normalized spacial score (nSPS) is 10.7. The summed E-state index contributed by atoms with van der Waals surface area (Å²) in [5.74, 6) is -0.285. The van der Waals surface area contributed by atoms with Crippen LogP contribution < -0.4 is 5.32 Å². The zero-order valence-corrected chi connectivity index (χ0v) is 18.0. The molecule has 0 aliphatic heterocycles. The van der Waals surface area contributed by atoms with Crippen molar-refractivity contribution in [2.45, 2.75) is 13.3 Å². The number of nitro groups is 2. The summed E-state index contributed by atoms with van der Waals surface area (Å²) in [6, 6.07) is 3.40. The van der Waals surface area contributed by atoms with E-state index in [1.54, 1.807) is 6.92 Å². The Morgan fingerprint density at radius 1 is 0.875 bits per heavy atom. The Bertz CT molecular complexity index is 717. The molecule has 0 saturated carbocycles. The van der Waals surface area contributed by atoms with Gasteiger partial charge in [0.1, 0.15) is 5.69 Å². The first-order chi connectivity index (χ1) is 15.5. The molecule has 0 atom stereocenters. The summed E-state index contributed by atoms with van der Waals surface area (Å²) in [6.45, 7) is 5.21. The highest BCUT2D eigenvalue weighted by atomic mass is 16.6. The Kier molecular flexibility index (Phi) is 14.2. The first-order valence-corrected chi connectivity index (χ1v) is 10.1. The van der Waals surface area contributed by atoms with E-state index in [0.29, 0.717) is 52.9 Å². The lowest BCUT2D eigenvalue weighted by Gasteiger charge is -2.09. The van der Waals surface area contributed by atoms with Gasteiger partial charge in [-0.15, -0.1) is 0 Å². The van der Waals surface area contributed by atoms with E-state index in [1.165, 1.54) is 12.1 Å². The number of nitro benzene ring substituents is 2. The van der Waals surface area contributed by atoms with Gasteiger partial charge < -0.3 is 29.0 Å². The van der Waals surface area contributed by atoms with Crippen LogP contribution in [0.2, 0.25) is 0 Å². The summed E-state index contributed by atoms with van der Waals surface area (Å²) in [4.78, 5) is 31.5. The second-order valence-electron chi connectivity index (χ2n) is 6.15. The number of nitrogens with one attached hydrogen (secondary N) is 1. The molecule has 0 saturated heterocycles. The standard InChI is InChI=1S/C19H29N3O10/c1-2-32-19(23)5-7-28-9-11-30-13-14-31-12-10-29-8-6-20-17-4-3-16(21(24)25)15-18(17)22(26)27/h3-4,15,20H,2,5-14H2,1H3. The lowest BCUT2D eigenvalue weighted by Crippen LogP contribution is -2.15. The summed E-state index contributed by atoms with van der Waals surface area (Å²) in [5.41, 5.74) is -0.532. The number of carbonyl (C=O) groups is 1. The van der Waals surface area contributed by atoms with E-state index in [0.717, 1.165) is 6.07 Å². The largest absolute Gasteiger partial charge is 0.466 e. The molecule has 180 valence electrons. The highest BCUT2D eigenvalue weighted by molar-refractivity contribution is 5.69. The van der Waals surface area contributed by atoms with Gasteiger partial charge in [0.05, 0.1) is 81.8 Å². The van der Waals surface area contributed by atoms with Crippen molar-refractivity contribution in [1.82, 2.24) is 0 Å². The number of hydrogen-bond acceptors (Lipinski definition) is 11. The maximum absolute atomic E-state index is 11.1. The monoisotopic (exact) mass is 459 g/mol. The maximum Gasteiger partial charge on any atom is 0.308 e. The Morgan fingerprint density at radius 2 is 1.44 bits per heavy atom. The van der Waals surface area contributed by atoms with E-state index in [-0.39, 0.29) is 42.6 Å². The van der Waals surface area contributed by atoms with Crippen LogP contribution in [-0.4, -0.2) is 81.8 Å². The van der Waals surface area contributed by atoms with Crippen molar-refractivity contribution in [2.24, 2.45) is 0 Å². The summed E-state index contributed by atoms with van der Waals surface area (Å²) >= 11 is 0. The van der Waals surface area contributed by atoms with Crippen LogP contribution in [0.15, 0.2) is 18.2 Å². The predicted molar refractivity (Wildman–Crippen MR) is 113 cm³/mol. The molecule has 1 aromatic carbocycles. The Balaban J connectivity index is 1.98. The van der Waals surface area contributed by atoms with Crippen LogP contribution >= 0.6 is 0 Å². The molecule has 0 aromatic heterocycles.